The van der Waals surface area contributed by atoms with Gasteiger partial charge in [0.25, 0.3) is 0 Å². The number of carboxylic acid groups (broad SMARTS) is 1. The Morgan fingerprint density at radius 1 is 0.627 bits per heavy atom. The van der Waals surface area contributed by atoms with Crippen LogP contribution >= 0.6 is 0 Å². The Kier molecular flexibility index (Phi) is 12.8. The van der Waals surface area contributed by atoms with Crippen molar-refractivity contribution < 1.29 is 49.8 Å². The molecule has 0 spiro atoms. The van der Waals surface area contributed by atoms with Crippen molar-refractivity contribution in [1.82, 2.24) is 19.6 Å². The van der Waals surface area contributed by atoms with Crippen molar-refractivity contribution in [2.24, 2.45) is 0 Å². The van der Waals surface area contributed by atoms with Gasteiger partial charge in [-0.05, 0) is 110 Å². The first-order valence-electron chi connectivity index (χ1n) is 18.3. The average Bonchev–Trinajstić information content (AvgIpc) is 3.84. The molecule has 0 radical (unpaired) electrons. The highest BCUT2D eigenvalue weighted by molar-refractivity contribution is 5.95. The molecule has 0 unspecified atom stereocenters. The summed E-state index contributed by atoms with van der Waals surface area (Å²) >= 11 is 0. The maximum absolute atomic E-state index is 13.2. The van der Waals surface area contributed by atoms with Crippen molar-refractivity contribution >= 4 is 23.3 Å². The molecule has 0 saturated heterocycles. The normalized spacial score (nSPS) is 13.5. The molecule has 6 aromatic rings. The van der Waals surface area contributed by atoms with E-state index in [-0.39, 0.29) is 30.4 Å². The van der Waals surface area contributed by atoms with Gasteiger partial charge >= 0.3 is 18.3 Å². The minimum absolute atomic E-state index is 0.000689. The second-order valence-electron chi connectivity index (χ2n) is 13.6. The predicted molar refractivity (Wildman–Crippen MR) is 202 cm³/mol. The van der Waals surface area contributed by atoms with E-state index in [1.165, 1.54) is 42.1 Å². The summed E-state index contributed by atoms with van der Waals surface area (Å²) in [6.45, 7) is 1.52. The average molecular weight is 825 g/mol. The quantitative estimate of drug-likeness (QED) is 0.162. The minimum atomic E-state index is -4.40. The van der Waals surface area contributed by atoms with E-state index in [4.69, 9.17) is 5.11 Å². The number of benzene rings is 4. The van der Waals surface area contributed by atoms with Crippen molar-refractivity contribution in [3.05, 3.63) is 155 Å². The number of hydrogen-bond donors (Lipinski definition) is 2. The Morgan fingerprint density at radius 2 is 1.10 bits per heavy atom. The van der Waals surface area contributed by atoms with Crippen LogP contribution in [0.3, 0.4) is 0 Å². The molecule has 9 nitrogen and oxygen atoms in total. The molecule has 4 heterocycles. The van der Waals surface area contributed by atoms with Gasteiger partial charge in [-0.2, -0.15) is 36.5 Å². The lowest BCUT2D eigenvalue weighted by Crippen LogP contribution is -2.36. The molecule has 308 valence electrons. The largest absolute Gasteiger partial charge is 0.481 e. The van der Waals surface area contributed by atoms with E-state index in [1.807, 2.05) is 10.9 Å². The summed E-state index contributed by atoms with van der Waals surface area (Å²) in [5.41, 5.74) is 4.76. The van der Waals surface area contributed by atoms with E-state index in [0.29, 0.717) is 29.0 Å². The van der Waals surface area contributed by atoms with E-state index in [1.54, 1.807) is 40.0 Å². The number of alkyl halides is 6. The van der Waals surface area contributed by atoms with Crippen molar-refractivity contribution in [2.45, 2.75) is 50.9 Å². The van der Waals surface area contributed by atoms with Gasteiger partial charge in [-0.3, -0.25) is 9.59 Å². The van der Waals surface area contributed by atoms with Crippen molar-refractivity contribution in [1.29, 1.82) is 0 Å². The highest BCUT2D eigenvalue weighted by Gasteiger charge is 2.31. The Bertz CT molecular complexity index is 2350. The van der Waals surface area contributed by atoms with Gasteiger partial charge in [0.2, 0.25) is 5.91 Å². The molecule has 0 atom stereocenters. The molecule has 17 heteroatoms. The lowest BCUT2D eigenvalue weighted by Gasteiger charge is -2.27. The number of halogens is 8. The summed E-state index contributed by atoms with van der Waals surface area (Å²) < 4.78 is 104. The summed E-state index contributed by atoms with van der Waals surface area (Å²) in [6, 6.07) is 21.0. The van der Waals surface area contributed by atoms with Crippen LogP contribution in [0.15, 0.2) is 109 Å². The second-order valence-corrected chi connectivity index (χ2v) is 13.6. The zero-order chi connectivity index (χ0) is 42.3. The number of anilines is 2. The van der Waals surface area contributed by atoms with E-state index in [9.17, 15) is 44.7 Å². The van der Waals surface area contributed by atoms with Gasteiger partial charge in [0.1, 0.15) is 11.6 Å². The number of amides is 1. The van der Waals surface area contributed by atoms with E-state index in [0.717, 1.165) is 85.7 Å². The maximum Gasteiger partial charge on any atom is 0.416 e. The Morgan fingerprint density at radius 3 is 1.61 bits per heavy atom. The Labute approximate surface area is 332 Å². The number of aromatic nitrogens is 4. The van der Waals surface area contributed by atoms with E-state index < -0.39 is 29.4 Å². The van der Waals surface area contributed by atoms with Crippen LogP contribution < -0.4 is 10.2 Å². The fraction of sp³-hybridized carbons (Fsp3) is 0.238. The van der Waals surface area contributed by atoms with Gasteiger partial charge in [0.05, 0.1) is 70.5 Å². The minimum Gasteiger partial charge on any atom is -0.481 e. The van der Waals surface area contributed by atoms with Crippen LogP contribution in [0.1, 0.15) is 46.5 Å². The van der Waals surface area contributed by atoms with Crippen LogP contribution in [0.2, 0.25) is 0 Å². The van der Waals surface area contributed by atoms with E-state index >= 15 is 0 Å². The third-order valence-corrected chi connectivity index (χ3v) is 9.42. The molecular formula is C42H36F8N6O3. The SMILES string of the molecule is Fc1ccc(-n2ncc3c2CCCN3)cc1.O=C(Cc1ccc(C(F)(F)F)cc1)N1CCCc2c1cnn2-c1ccc(F)cc1.O=C(O)Cc1ccc(C(F)(F)F)cc1. The zero-order valence-corrected chi connectivity index (χ0v) is 31.1. The van der Waals surface area contributed by atoms with Gasteiger partial charge in [0.15, 0.2) is 0 Å². The molecule has 59 heavy (non-hydrogen) atoms. The number of aliphatic carboxylic acids is 1. The van der Waals surface area contributed by atoms with Crippen LogP contribution in [0.25, 0.3) is 11.4 Å². The number of nitrogens with zero attached hydrogens (tertiary/aromatic N) is 5. The van der Waals surface area contributed by atoms with Gasteiger partial charge < -0.3 is 15.3 Å². The number of nitrogens with one attached hydrogen (secondary N) is 1. The van der Waals surface area contributed by atoms with Crippen LogP contribution in [-0.2, 0) is 47.6 Å². The lowest BCUT2D eigenvalue weighted by molar-refractivity contribution is -0.138. The van der Waals surface area contributed by atoms with Crippen LogP contribution in [0.5, 0.6) is 0 Å². The molecular weight excluding hydrogens is 788 g/mol. The Balaban J connectivity index is 0.000000164. The lowest BCUT2D eigenvalue weighted by atomic mass is 10.1. The monoisotopic (exact) mass is 824 g/mol. The molecule has 8 rings (SSSR count). The first-order chi connectivity index (χ1) is 28.1. The fourth-order valence-corrected chi connectivity index (χ4v) is 6.53. The molecule has 2 aromatic heterocycles. The molecule has 0 fully saturated rings. The van der Waals surface area contributed by atoms with Gasteiger partial charge in [-0.25, -0.2) is 18.1 Å². The number of fused-ring (bicyclic) bond motifs is 2. The van der Waals surface area contributed by atoms with Crippen molar-refractivity contribution in [3.63, 3.8) is 0 Å². The zero-order valence-electron chi connectivity index (χ0n) is 31.1. The summed E-state index contributed by atoms with van der Waals surface area (Å²) in [7, 11) is 0. The summed E-state index contributed by atoms with van der Waals surface area (Å²) in [5, 5.41) is 20.4. The third-order valence-electron chi connectivity index (χ3n) is 9.42. The third kappa shape index (κ3) is 10.7. The standard InChI is InChI=1S/C21H17F4N3O.C12H12FN3.C9H7F3O2/c22-16-7-9-17(10-8-16)28-18-2-1-11-27(19(18)13-26-28)20(29)12-14-3-5-15(6-4-14)21(23,24)25;13-9-3-5-10(6-4-9)16-12-2-1-7-14-11(12)8-15-16;10-9(11,12)7-3-1-6(2-4-7)5-8(13)14/h3-10,13H,1-2,11-12H2;3-6,8,14H,1-2,7H2;1-4H,5H2,(H,13,14). The molecule has 0 aliphatic carbocycles. The van der Waals surface area contributed by atoms with Gasteiger partial charge in [-0.1, -0.05) is 24.3 Å². The predicted octanol–water partition coefficient (Wildman–Crippen LogP) is 9.25. The first kappa shape index (κ1) is 42.1. The maximum atomic E-state index is 13.2. The molecule has 1 amide bonds. The number of carbonyl (C=O) groups is 2. The van der Waals surface area contributed by atoms with E-state index in [2.05, 4.69) is 15.5 Å². The number of carbonyl (C=O) groups excluding carboxylic acids is 1. The topological polar surface area (TPSA) is 105 Å². The smallest absolute Gasteiger partial charge is 0.416 e. The van der Waals surface area contributed by atoms with Crippen LogP contribution in [0.4, 0.5) is 46.5 Å². The highest BCUT2D eigenvalue weighted by Crippen LogP contribution is 2.32. The summed E-state index contributed by atoms with van der Waals surface area (Å²) in [4.78, 5) is 24.7. The first-order valence-corrected chi connectivity index (χ1v) is 18.3. The summed E-state index contributed by atoms with van der Waals surface area (Å²) in [5.74, 6) is -1.83. The van der Waals surface area contributed by atoms with Crippen LogP contribution in [0, 0.1) is 11.6 Å². The molecule has 0 saturated carbocycles. The molecule has 0 bridgehead atoms. The van der Waals surface area contributed by atoms with Gasteiger partial charge in [0, 0.05) is 13.1 Å². The number of hydrogen-bond acceptors (Lipinski definition) is 5. The summed E-state index contributed by atoms with van der Waals surface area (Å²) in [6.07, 6.45) is -2.03. The molecule has 2 N–H and O–H groups in total. The van der Waals surface area contributed by atoms with Crippen LogP contribution in [-0.4, -0.2) is 49.6 Å². The van der Waals surface area contributed by atoms with Crippen molar-refractivity contribution in [3.8, 4) is 11.4 Å². The second kappa shape index (κ2) is 18.0. The fourth-order valence-electron chi connectivity index (χ4n) is 6.53. The Hall–Kier alpha value is -6.52. The highest BCUT2D eigenvalue weighted by atomic mass is 19.4. The molecule has 4 aromatic carbocycles. The molecule has 2 aliphatic rings. The molecule has 2 aliphatic heterocycles. The number of carboxylic acids is 1. The van der Waals surface area contributed by atoms with Crippen molar-refractivity contribution in [2.75, 3.05) is 23.3 Å². The number of rotatable bonds is 6. The van der Waals surface area contributed by atoms with Gasteiger partial charge in [-0.15, -0.1) is 0 Å².